The maximum Gasteiger partial charge on any atom is 0.416 e. The molecular formula is C17H22F3N2O2+. The maximum absolute atomic E-state index is 12.8. The Kier molecular flexibility index (Phi) is 5.10. The first-order valence-electron chi connectivity index (χ1n) is 8.33. The van der Waals surface area contributed by atoms with Gasteiger partial charge in [-0.15, -0.1) is 0 Å². The zero-order valence-electron chi connectivity index (χ0n) is 13.4. The van der Waals surface area contributed by atoms with E-state index in [1.54, 1.807) is 6.07 Å². The molecule has 0 aliphatic carbocycles. The lowest BCUT2D eigenvalue weighted by molar-refractivity contribution is -0.917. The molecule has 1 aromatic rings. The predicted molar refractivity (Wildman–Crippen MR) is 81.4 cm³/mol. The molecule has 0 aromatic heterocycles. The van der Waals surface area contributed by atoms with E-state index in [0.29, 0.717) is 31.8 Å². The number of benzene rings is 1. The molecule has 0 unspecified atom stereocenters. The zero-order chi connectivity index (χ0) is 17.2. The fourth-order valence-electron chi connectivity index (χ4n) is 3.34. The number of quaternary nitrogens is 1. The van der Waals surface area contributed by atoms with Crippen molar-refractivity contribution in [2.45, 2.75) is 31.7 Å². The summed E-state index contributed by atoms with van der Waals surface area (Å²) in [6, 6.07) is 5.49. The number of amides is 1. The van der Waals surface area contributed by atoms with Gasteiger partial charge >= 0.3 is 6.18 Å². The first-order chi connectivity index (χ1) is 11.4. The second-order valence-electron chi connectivity index (χ2n) is 6.45. The van der Waals surface area contributed by atoms with Crippen molar-refractivity contribution in [3.05, 3.63) is 35.4 Å². The number of alkyl halides is 3. The molecule has 2 fully saturated rings. The van der Waals surface area contributed by atoms with Gasteiger partial charge < -0.3 is 14.5 Å². The molecule has 0 radical (unpaired) electrons. The van der Waals surface area contributed by atoms with E-state index >= 15 is 0 Å². The lowest BCUT2D eigenvalue weighted by atomic mass is 10.1. The Morgan fingerprint density at radius 3 is 2.67 bits per heavy atom. The molecule has 24 heavy (non-hydrogen) atoms. The van der Waals surface area contributed by atoms with Gasteiger partial charge in [0.2, 0.25) is 0 Å². The Bertz CT molecular complexity index is 577. The van der Waals surface area contributed by atoms with Crippen molar-refractivity contribution in [1.29, 1.82) is 0 Å². The minimum atomic E-state index is -4.31. The number of hydrogen-bond acceptors (Lipinski definition) is 2. The summed E-state index contributed by atoms with van der Waals surface area (Å²) in [4.78, 5) is 15.3. The number of nitrogens with zero attached hydrogens (tertiary/aromatic N) is 1. The van der Waals surface area contributed by atoms with Crippen LogP contribution in [0, 0.1) is 0 Å². The van der Waals surface area contributed by atoms with Crippen LogP contribution >= 0.6 is 0 Å². The molecule has 1 N–H and O–H groups in total. The van der Waals surface area contributed by atoms with Crippen LogP contribution in [0.15, 0.2) is 24.3 Å². The summed E-state index contributed by atoms with van der Waals surface area (Å²) in [5, 5.41) is 0. The van der Waals surface area contributed by atoms with Crippen molar-refractivity contribution in [3.63, 3.8) is 0 Å². The van der Waals surface area contributed by atoms with Crippen LogP contribution in [0.4, 0.5) is 13.2 Å². The largest absolute Gasteiger partial charge is 0.416 e. The number of hydrogen-bond donors (Lipinski definition) is 1. The highest BCUT2D eigenvalue weighted by atomic mass is 19.4. The van der Waals surface area contributed by atoms with E-state index in [2.05, 4.69) is 0 Å². The minimum absolute atomic E-state index is 0.0608. The zero-order valence-corrected chi connectivity index (χ0v) is 13.4. The minimum Gasteiger partial charge on any atom is -0.368 e. The Balaban J connectivity index is 1.53. The molecule has 132 valence electrons. The third-order valence-corrected chi connectivity index (χ3v) is 4.70. The number of ether oxygens (including phenoxy) is 1. The molecule has 7 heteroatoms. The normalized spacial score (nSPS) is 22.8. The second kappa shape index (κ2) is 7.11. The van der Waals surface area contributed by atoms with Crippen molar-refractivity contribution in [2.24, 2.45) is 0 Å². The van der Waals surface area contributed by atoms with Gasteiger partial charge in [0, 0.05) is 12.2 Å². The van der Waals surface area contributed by atoms with Crippen molar-refractivity contribution in [1.82, 2.24) is 4.90 Å². The van der Waals surface area contributed by atoms with E-state index < -0.39 is 11.7 Å². The number of carbonyl (C=O) groups excluding carboxylic acids is 1. The Labute approximate surface area is 139 Å². The van der Waals surface area contributed by atoms with Crippen molar-refractivity contribution in [2.75, 3.05) is 32.8 Å². The Morgan fingerprint density at radius 1 is 1.29 bits per heavy atom. The van der Waals surface area contributed by atoms with Gasteiger partial charge in [0.1, 0.15) is 12.6 Å². The monoisotopic (exact) mass is 343 g/mol. The van der Waals surface area contributed by atoms with Crippen LogP contribution in [0.3, 0.4) is 0 Å². The third kappa shape index (κ3) is 4.08. The van der Waals surface area contributed by atoms with Crippen molar-refractivity contribution < 1.29 is 27.6 Å². The van der Waals surface area contributed by atoms with Gasteiger partial charge in [0.05, 0.1) is 31.7 Å². The van der Waals surface area contributed by atoms with Gasteiger partial charge in [-0.2, -0.15) is 13.2 Å². The molecule has 1 aromatic carbocycles. The summed E-state index contributed by atoms with van der Waals surface area (Å²) in [6.07, 6.45) is -2.89. The molecule has 3 rings (SSSR count). The summed E-state index contributed by atoms with van der Waals surface area (Å²) in [7, 11) is 0. The summed E-state index contributed by atoms with van der Waals surface area (Å²) in [6.45, 7) is 3.95. The average Bonchev–Trinajstić information content (AvgIpc) is 3.09. The SMILES string of the molecule is O=C([C@H]1CCCO1)N1CC[NH+](Cc2cccc(C(F)(F)F)c2)CC1. The van der Waals surface area contributed by atoms with Crippen LogP contribution in [0.5, 0.6) is 0 Å². The van der Waals surface area contributed by atoms with E-state index in [9.17, 15) is 18.0 Å². The van der Waals surface area contributed by atoms with Crippen LogP contribution in [-0.2, 0) is 22.3 Å². The summed E-state index contributed by atoms with van der Waals surface area (Å²) in [5.41, 5.74) is 0.0744. The first-order valence-corrected chi connectivity index (χ1v) is 8.33. The van der Waals surface area contributed by atoms with E-state index in [-0.39, 0.29) is 12.0 Å². The van der Waals surface area contributed by atoms with E-state index in [0.717, 1.165) is 32.0 Å². The predicted octanol–water partition coefficient (Wildman–Crippen LogP) is 1.11. The average molecular weight is 343 g/mol. The highest BCUT2D eigenvalue weighted by Gasteiger charge is 2.32. The number of halogens is 3. The number of carbonyl (C=O) groups is 1. The van der Waals surface area contributed by atoms with E-state index in [1.165, 1.54) is 17.0 Å². The number of rotatable bonds is 3. The van der Waals surface area contributed by atoms with Gasteiger partial charge in [-0.05, 0) is 25.0 Å². The summed E-state index contributed by atoms with van der Waals surface area (Å²) in [5.74, 6) is 0.0608. The fourth-order valence-corrected chi connectivity index (χ4v) is 3.34. The lowest BCUT2D eigenvalue weighted by Gasteiger charge is -2.33. The molecule has 2 aliphatic rings. The van der Waals surface area contributed by atoms with Crippen LogP contribution in [-0.4, -0.2) is 49.7 Å². The summed E-state index contributed by atoms with van der Waals surface area (Å²) >= 11 is 0. The van der Waals surface area contributed by atoms with Crippen molar-refractivity contribution in [3.8, 4) is 0 Å². The van der Waals surface area contributed by atoms with Crippen LogP contribution < -0.4 is 4.90 Å². The molecule has 1 amide bonds. The molecule has 1 atom stereocenters. The van der Waals surface area contributed by atoms with Gasteiger partial charge in [-0.1, -0.05) is 12.1 Å². The van der Waals surface area contributed by atoms with Gasteiger partial charge in [-0.3, -0.25) is 4.79 Å². The smallest absolute Gasteiger partial charge is 0.368 e. The fraction of sp³-hybridized carbons (Fsp3) is 0.588. The highest BCUT2D eigenvalue weighted by Crippen LogP contribution is 2.29. The first kappa shape index (κ1) is 17.2. The van der Waals surface area contributed by atoms with Crippen LogP contribution in [0.1, 0.15) is 24.0 Å². The van der Waals surface area contributed by atoms with Crippen LogP contribution in [0.2, 0.25) is 0 Å². The topological polar surface area (TPSA) is 34.0 Å². The van der Waals surface area contributed by atoms with Gasteiger partial charge in [0.25, 0.3) is 5.91 Å². The van der Waals surface area contributed by atoms with Crippen LogP contribution in [0.25, 0.3) is 0 Å². The molecular weight excluding hydrogens is 321 g/mol. The molecule has 0 saturated carbocycles. The van der Waals surface area contributed by atoms with Gasteiger partial charge in [-0.25, -0.2) is 0 Å². The van der Waals surface area contributed by atoms with E-state index in [4.69, 9.17) is 4.74 Å². The number of piperazine rings is 1. The quantitative estimate of drug-likeness (QED) is 0.892. The lowest BCUT2D eigenvalue weighted by Crippen LogP contribution is -3.13. The maximum atomic E-state index is 12.8. The molecule has 2 aliphatic heterocycles. The molecule has 0 spiro atoms. The molecule has 0 bridgehead atoms. The van der Waals surface area contributed by atoms with Crippen molar-refractivity contribution >= 4 is 5.91 Å². The third-order valence-electron chi connectivity index (χ3n) is 4.70. The molecule has 2 saturated heterocycles. The molecule has 4 nitrogen and oxygen atoms in total. The second-order valence-corrected chi connectivity index (χ2v) is 6.45. The highest BCUT2D eigenvalue weighted by molar-refractivity contribution is 5.81. The molecule has 2 heterocycles. The Hall–Kier alpha value is -1.60. The number of nitrogens with one attached hydrogen (secondary N) is 1. The van der Waals surface area contributed by atoms with E-state index in [1.807, 2.05) is 4.90 Å². The summed E-state index contributed by atoms with van der Waals surface area (Å²) < 4.78 is 43.7. The standard InChI is InChI=1S/C17H21F3N2O2/c18-17(19,20)14-4-1-3-13(11-14)12-21-6-8-22(9-7-21)16(23)15-5-2-10-24-15/h1,3-4,11,15H,2,5-10,12H2/p+1/t15-/m1/s1. The van der Waals surface area contributed by atoms with Gasteiger partial charge in [0.15, 0.2) is 0 Å². The Morgan fingerprint density at radius 2 is 2.04 bits per heavy atom.